The maximum absolute atomic E-state index is 12.9. The Morgan fingerprint density at radius 1 is 1.13 bits per heavy atom. The number of carbonyl (C=O) groups is 2. The van der Waals surface area contributed by atoms with Gasteiger partial charge in [-0.1, -0.05) is 6.07 Å². The topological polar surface area (TPSA) is 111 Å². The van der Waals surface area contributed by atoms with Crippen LogP contribution in [0, 0.1) is 0 Å². The summed E-state index contributed by atoms with van der Waals surface area (Å²) in [5.74, 6) is -0.411. The molecule has 3 rings (SSSR count). The third-order valence-electron chi connectivity index (χ3n) is 4.99. The van der Waals surface area contributed by atoms with Crippen molar-refractivity contribution in [3.05, 3.63) is 22.4 Å². The monoisotopic (exact) mass is 459 g/mol. The minimum absolute atomic E-state index is 0.0476. The molecular weight excluding hydrogens is 430 g/mol. The van der Waals surface area contributed by atoms with Gasteiger partial charge in [-0.15, -0.1) is 11.3 Å². The molecule has 2 N–H and O–H groups in total. The number of nitrogens with zero attached hydrogens (tertiary/aromatic N) is 3. The molecule has 2 aliphatic heterocycles. The van der Waals surface area contributed by atoms with Gasteiger partial charge in [-0.2, -0.15) is 17.0 Å². The average Bonchev–Trinajstić information content (AvgIpc) is 3.19. The number of hydrogen-bond acceptors (Lipinski definition) is 7. The third-order valence-corrected chi connectivity index (χ3v) is 7.84. The van der Waals surface area contributed by atoms with Crippen LogP contribution >= 0.6 is 11.3 Å². The first-order valence-electron chi connectivity index (χ1n) is 9.97. The van der Waals surface area contributed by atoms with Crippen molar-refractivity contribution in [1.29, 1.82) is 0 Å². The summed E-state index contributed by atoms with van der Waals surface area (Å²) < 4.78 is 34.4. The minimum atomic E-state index is -3.55. The lowest BCUT2D eigenvalue weighted by atomic mass is 10.3. The zero-order valence-electron chi connectivity index (χ0n) is 17.2. The molecular formula is C18H29N5O5S2. The summed E-state index contributed by atoms with van der Waals surface area (Å²) in [5.41, 5.74) is 0. The van der Waals surface area contributed by atoms with Crippen LogP contribution in [0.2, 0.25) is 0 Å². The van der Waals surface area contributed by atoms with Gasteiger partial charge in [0.25, 0.3) is 10.2 Å². The van der Waals surface area contributed by atoms with Crippen LogP contribution in [0.15, 0.2) is 17.5 Å². The number of rotatable bonds is 6. The van der Waals surface area contributed by atoms with Gasteiger partial charge in [0, 0.05) is 44.1 Å². The number of nitrogens with one attached hydrogen (secondary N) is 2. The molecule has 168 valence electrons. The Morgan fingerprint density at radius 3 is 2.40 bits per heavy atom. The first-order valence-corrected chi connectivity index (χ1v) is 12.2. The lowest BCUT2D eigenvalue weighted by Gasteiger charge is -2.40. The van der Waals surface area contributed by atoms with Crippen LogP contribution in [0.25, 0.3) is 0 Å². The normalized spacial score (nSPS) is 24.5. The van der Waals surface area contributed by atoms with E-state index in [-0.39, 0.29) is 18.8 Å². The summed E-state index contributed by atoms with van der Waals surface area (Å²) in [4.78, 5) is 26.8. The van der Waals surface area contributed by atoms with Gasteiger partial charge in [-0.05, 0) is 25.3 Å². The van der Waals surface area contributed by atoms with Crippen molar-refractivity contribution >= 4 is 33.5 Å². The van der Waals surface area contributed by atoms with Crippen molar-refractivity contribution < 1.29 is 22.7 Å². The Balaban J connectivity index is 1.41. The molecule has 1 aromatic heterocycles. The van der Waals surface area contributed by atoms with E-state index in [2.05, 4.69) is 10.6 Å². The molecule has 1 aromatic rings. The van der Waals surface area contributed by atoms with Gasteiger partial charge in [0.2, 0.25) is 5.91 Å². The number of imide groups is 1. The van der Waals surface area contributed by atoms with Gasteiger partial charge in [-0.25, -0.2) is 4.79 Å². The molecule has 2 unspecified atom stereocenters. The highest BCUT2D eigenvalue weighted by Gasteiger charge is 2.36. The number of piperazine rings is 1. The minimum Gasteiger partial charge on any atom is -0.373 e. The molecule has 2 fully saturated rings. The number of hydrogen-bond donors (Lipinski definition) is 2. The van der Waals surface area contributed by atoms with E-state index in [1.807, 2.05) is 36.3 Å². The van der Waals surface area contributed by atoms with E-state index >= 15 is 0 Å². The van der Waals surface area contributed by atoms with E-state index in [0.29, 0.717) is 45.8 Å². The van der Waals surface area contributed by atoms with Gasteiger partial charge >= 0.3 is 6.03 Å². The molecule has 30 heavy (non-hydrogen) atoms. The van der Waals surface area contributed by atoms with Gasteiger partial charge in [0.05, 0.1) is 25.3 Å². The van der Waals surface area contributed by atoms with Crippen molar-refractivity contribution in [1.82, 2.24) is 24.1 Å². The number of morpholine rings is 1. The second kappa shape index (κ2) is 10.2. The predicted molar refractivity (Wildman–Crippen MR) is 113 cm³/mol. The molecule has 0 aromatic carbocycles. The van der Waals surface area contributed by atoms with Gasteiger partial charge in [-0.3, -0.25) is 15.0 Å². The van der Waals surface area contributed by atoms with Gasteiger partial charge < -0.3 is 10.1 Å². The fourth-order valence-corrected chi connectivity index (χ4v) is 5.99. The second-order valence-corrected chi connectivity index (χ2v) is 10.5. The number of ether oxygens (including phenoxy) is 1. The Morgan fingerprint density at radius 2 is 1.80 bits per heavy atom. The van der Waals surface area contributed by atoms with Crippen LogP contribution in [0.4, 0.5) is 4.79 Å². The van der Waals surface area contributed by atoms with E-state index in [0.717, 1.165) is 4.88 Å². The highest BCUT2D eigenvalue weighted by atomic mass is 32.2. The largest absolute Gasteiger partial charge is 0.373 e. The maximum atomic E-state index is 12.9. The Labute approximate surface area is 181 Å². The number of amides is 3. The number of urea groups is 1. The zero-order chi connectivity index (χ0) is 21.7. The lowest BCUT2D eigenvalue weighted by molar-refractivity contribution is -0.121. The van der Waals surface area contributed by atoms with Crippen molar-refractivity contribution in [2.75, 3.05) is 45.8 Å². The Bertz CT molecular complexity index is 814. The first kappa shape index (κ1) is 23.1. The molecule has 0 bridgehead atoms. The fraction of sp³-hybridized carbons (Fsp3) is 0.667. The average molecular weight is 460 g/mol. The third kappa shape index (κ3) is 6.22. The summed E-state index contributed by atoms with van der Waals surface area (Å²) in [7, 11) is -3.55. The van der Waals surface area contributed by atoms with Crippen LogP contribution in [0.5, 0.6) is 0 Å². The van der Waals surface area contributed by atoms with Crippen LogP contribution in [0.3, 0.4) is 0 Å². The predicted octanol–water partition coefficient (Wildman–Crippen LogP) is 0.0455. The van der Waals surface area contributed by atoms with Crippen LogP contribution < -0.4 is 10.6 Å². The van der Waals surface area contributed by atoms with E-state index in [9.17, 15) is 18.0 Å². The smallest absolute Gasteiger partial charge is 0.321 e. The summed E-state index contributed by atoms with van der Waals surface area (Å²) in [6.45, 7) is 6.30. The highest BCUT2D eigenvalue weighted by Crippen LogP contribution is 2.18. The molecule has 10 nitrogen and oxygen atoms in total. The quantitative estimate of drug-likeness (QED) is 0.622. The van der Waals surface area contributed by atoms with Crippen LogP contribution in [0.1, 0.15) is 18.7 Å². The molecule has 12 heteroatoms. The Kier molecular flexibility index (Phi) is 7.82. The van der Waals surface area contributed by atoms with Gasteiger partial charge in [0.15, 0.2) is 0 Å². The SMILES string of the molecule is CC1CN(S(=O)(=O)N2CCN(CC(=O)NC(=O)NCc3cccs3)CC2)CC(C)O1. The summed E-state index contributed by atoms with van der Waals surface area (Å²) in [6, 6.07) is 3.26. The lowest BCUT2D eigenvalue weighted by Crippen LogP contribution is -2.58. The van der Waals surface area contributed by atoms with Crippen LogP contribution in [-0.2, 0) is 26.3 Å². The van der Waals surface area contributed by atoms with Crippen molar-refractivity contribution in [3.63, 3.8) is 0 Å². The highest BCUT2D eigenvalue weighted by molar-refractivity contribution is 7.86. The second-order valence-electron chi connectivity index (χ2n) is 7.57. The van der Waals surface area contributed by atoms with Crippen molar-refractivity contribution in [2.45, 2.75) is 32.6 Å². The summed E-state index contributed by atoms with van der Waals surface area (Å²) in [6.07, 6.45) is -0.279. The van der Waals surface area contributed by atoms with Crippen molar-refractivity contribution in [2.24, 2.45) is 0 Å². The van der Waals surface area contributed by atoms with Crippen molar-refractivity contribution in [3.8, 4) is 0 Å². The molecule has 2 aliphatic rings. The number of thiophene rings is 1. The molecule has 0 saturated carbocycles. The summed E-state index contributed by atoms with van der Waals surface area (Å²) in [5, 5.41) is 6.87. The molecule has 3 amide bonds. The van der Waals surface area contributed by atoms with E-state index in [1.54, 1.807) is 0 Å². The molecule has 2 saturated heterocycles. The van der Waals surface area contributed by atoms with E-state index in [1.165, 1.54) is 19.9 Å². The van der Waals surface area contributed by atoms with Gasteiger partial charge in [0.1, 0.15) is 0 Å². The fourth-order valence-electron chi connectivity index (χ4n) is 3.59. The molecule has 0 radical (unpaired) electrons. The molecule has 2 atom stereocenters. The molecule has 3 heterocycles. The standard InChI is InChI=1S/C18H29N5O5S2/c1-14-11-23(12-15(2)28-14)30(26,27)22-7-5-21(6-8-22)13-17(24)20-18(25)19-10-16-4-3-9-29-16/h3-4,9,14-15H,5-8,10-13H2,1-2H3,(H2,19,20,24,25). The van der Waals surface area contributed by atoms with E-state index < -0.39 is 22.1 Å². The summed E-state index contributed by atoms with van der Waals surface area (Å²) >= 11 is 1.52. The molecule has 0 spiro atoms. The zero-order valence-corrected chi connectivity index (χ0v) is 18.9. The first-order chi connectivity index (χ1) is 14.2. The maximum Gasteiger partial charge on any atom is 0.321 e. The number of carbonyl (C=O) groups excluding carboxylic acids is 2. The van der Waals surface area contributed by atoms with E-state index in [4.69, 9.17) is 4.74 Å². The van der Waals surface area contributed by atoms with Crippen LogP contribution in [-0.4, -0.2) is 91.9 Å². The molecule has 0 aliphatic carbocycles. The Hall–Kier alpha value is -1.57.